The number of carbonyl (C=O) groups is 2. The van der Waals surface area contributed by atoms with Gasteiger partial charge < -0.3 is 19.1 Å². The molecule has 1 fully saturated rings. The molecule has 33 heavy (non-hydrogen) atoms. The minimum absolute atomic E-state index is 0.00752. The highest BCUT2D eigenvalue weighted by Gasteiger charge is 2.38. The molecule has 7 heteroatoms. The molecule has 0 aliphatic carbocycles. The van der Waals surface area contributed by atoms with Crippen molar-refractivity contribution in [3.8, 4) is 0 Å². The standard InChI is InChI=1S/C26H26ClN3O3/c1-18-8-9-21(27)16-22(18)28-10-12-29(13-11-28)25(31)23-15-19-5-2-3-6-20(19)17-30(23)26(32)24-7-4-14-33-24/h2-9,14,16,23H,10-13,15,17H2,1H3. The maximum Gasteiger partial charge on any atom is 0.290 e. The van der Waals surface area contributed by atoms with Crippen molar-refractivity contribution in [3.63, 3.8) is 0 Å². The maximum absolute atomic E-state index is 13.7. The Morgan fingerprint density at radius 1 is 0.970 bits per heavy atom. The summed E-state index contributed by atoms with van der Waals surface area (Å²) >= 11 is 6.21. The summed E-state index contributed by atoms with van der Waals surface area (Å²) in [6, 6.07) is 16.7. The Labute approximate surface area is 198 Å². The van der Waals surface area contributed by atoms with Crippen LogP contribution in [0.5, 0.6) is 0 Å². The molecule has 1 saturated heterocycles. The van der Waals surface area contributed by atoms with Gasteiger partial charge in [-0.15, -0.1) is 0 Å². The van der Waals surface area contributed by atoms with Crippen LogP contribution in [-0.2, 0) is 17.8 Å². The molecule has 2 aliphatic rings. The zero-order valence-electron chi connectivity index (χ0n) is 18.5. The molecule has 2 aromatic carbocycles. The molecule has 0 radical (unpaired) electrons. The summed E-state index contributed by atoms with van der Waals surface area (Å²) < 4.78 is 5.36. The number of halogens is 1. The molecule has 3 heterocycles. The van der Waals surface area contributed by atoms with Crippen LogP contribution in [0.4, 0.5) is 5.69 Å². The van der Waals surface area contributed by atoms with E-state index < -0.39 is 6.04 Å². The summed E-state index contributed by atoms with van der Waals surface area (Å²) in [5.41, 5.74) is 4.46. The Morgan fingerprint density at radius 3 is 2.45 bits per heavy atom. The average molecular weight is 464 g/mol. The smallest absolute Gasteiger partial charge is 0.290 e. The Morgan fingerprint density at radius 2 is 1.73 bits per heavy atom. The van der Waals surface area contributed by atoms with E-state index in [9.17, 15) is 9.59 Å². The van der Waals surface area contributed by atoms with Crippen LogP contribution in [0.1, 0.15) is 27.2 Å². The van der Waals surface area contributed by atoms with Crippen LogP contribution in [0, 0.1) is 6.92 Å². The maximum atomic E-state index is 13.7. The molecule has 2 aliphatic heterocycles. The second-order valence-electron chi connectivity index (χ2n) is 8.64. The third kappa shape index (κ3) is 4.23. The van der Waals surface area contributed by atoms with Crippen molar-refractivity contribution in [3.05, 3.63) is 88.3 Å². The van der Waals surface area contributed by atoms with Crippen LogP contribution in [0.2, 0.25) is 5.02 Å². The number of piperazine rings is 1. The summed E-state index contributed by atoms with van der Waals surface area (Å²) in [5.74, 6) is 0.00125. The summed E-state index contributed by atoms with van der Waals surface area (Å²) in [6.07, 6.45) is 1.99. The van der Waals surface area contributed by atoms with Crippen LogP contribution in [-0.4, -0.2) is 53.8 Å². The van der Waals surface area contributed by atoms with Gasteiger partial charge in [0, 0.05) is 49.9 Å². The number of amides is 2. The fourth-order valence-electron chi connectivity index (χ4n) is 4.80. The Bertz CT molecular complexity index is 1170. The van der Waals surface area contributed by atoms with E-state index in [4.69, 9.17) is 16.0 Å². The van der Waals surface area contributed by atoms with Gasteiger partial charge in [0.05, 0.1) is 6.26 Å². The fourth-order valence-corrected chi connectivity index (χ4v) is 4.97. The van der Waals surface area contributed by atoms with E-state index in [-0.39, 0.29) is 17.6 Å². The average Bonchev–Trinajstić information content (AvgIpc) is 3.39. The van der Waals surface area contributed by atoms with E-state index in [2.05, 4.69) is 11.8 Å². The third-order valence-corrected chi connectivity index (χ3v) is 6.86. The lowest BCUT2D eigenvalue weighted by Crippen LogP contribution is -2.57. The van der Waals surface area contributed by atoms with Crippen LogP contribution in [0.15, 0.2) is 65.3 Å². The van der Waals surface area contributed by atoms with Crippen molar-refractivity contribution in [2.75, 3.05) is 31.1 Å². The van der Waals surface area contributed by atoms with Crippen molar-refractivity contribution >= 4 is 29.1 Å². The van der Waals surface area contributed by atoms with Gasteiger partial charge in [-0.2, -0.15) is 0 Å². The molecule has 170 valence electrons. The van der Waals surface area contributed by atoms with Crippen LogP contribution < -0.4 is 4.90 Å². The molecule has 0 bridgehead atoms. The first kappa shape index (κ1) is 21.6. The highest BCUT2D eigenvalue weighted by Crippen LogP contribution is 2.28. The number of fused-ring (bicyclic) bond motifs is 1. The molecule has 1 atom stereocenters. The van der Waals surface area contributed by atoms with E-state index in [1.165, 1.54) is 11.8 Å². The molecule has 1 unspecified atom stereocenters. The number of nitrogens with zero attached hydrogens (tertiary/aromatic N) is 3. The number of hydrogen-bond donors (Lipinski definition) is 0. The second kappa shape index (κ2) is 8.94. The van der Waals surface area contributed by atoms with E-state index in [1.54, 1.807) is 17.0 Å². The molecular weight excluding hydrogens is 438 g/mol. The molecule has 0 N–H and O–H groups in total. The number of rotatable bonds is 3. The quantitative estimate of drug-likeness (QED) is 0.585. The van der Waals surface area contributed by atoms with Gasteiger partial charge in [-0.25, -0.2) is 0 Å². The molecule has 6 nitrogen and oxygen atoms in total. The van der Waals surface area contributed by atoms with Gasteiger partial charge in [-0.05, 0) is 47.9 Å². The van der Waals surface area contributed by atoms with Crippen molar-refractivity contribution < 1.29 is 14.0 Å². The molecule has 0 saturated carbocycles. The number of furan rings is 1. The van der Waals surface area contributed by atoms with Crippen LogP contribution >= 0.6 is 11.6 Å². The monoisotopic (exact) mass is 463 g/mol. The minimum Gasteiger partial charge on any atom is -0.459 e. The Balaban J connectivity index is 1.35. The predicted octanol–water partition coefficient (Wildman–Crippen LogP) is 4.16. The van der Waals surface area contributed by atoms with Gasteiger partial charge in [-0.1, -0.05) is 41.9 Å². The zero-order valence-corrected chi connectivity index (χ0v) is 19.3. The van der Waals surface area contributed by atoms with Crippen molar-refractivity contribution in [2.24, 2.45) is 0 Å². The first-order chi connectivity index (χ1) is 16.0. The van der Waals surface area contributed by atoms with E-state index in [0.29, 0.717) is 31.1 Å². The summed E-state index contributed by atoms with van der Waals surface area (Å²) in [6.45, 7) is 5.12. The first-order valence-corrected chi connectivity index (χ1v) is 11.6. The van der Waals surface area contributed by atoms with Crippen molar-refractivity contribution in [1.82, 2.24) is 9.80 Å². The van der Waals surface area contributed by atoms with Gasteiger partial charge >= 0.3 is 0 Å². The lowest BCUT2D eigenvalue weighted by atomic mass is 9.92. The van der Waals surface area contributed by atoms with Gasteiger partial charge in [-0.3, -0.25) is 9.59 Å². The topological polar surface area (TPSA) is 57.0 Å². The Kier molecular flexibility index (Phi) is 5.85. The van der Waals surface area contributed by atoms with Crippen molar-refractivity contribution in [2.45, 2.75) is 25.9 Å². The van der Waals surface area contributed by atoms with Gasteiger partial charge in [0.15, 0.2) is 5.76 Å². The van der Waals surface area contributed by atoms with E-state index in [0.717, 1.165) is 29.9 Å². The van der Waals surface area contributed by atoms with Gasteiger partial charge in [0.25, 0.3) is 5.91 Å². The molecule has 0 spiro atoms. The summed E-state index contributed by atoms with van der Waals surface area (Å²) in [5, 5.41) is 0.710. The highest BCUT2D eigenvalue weighted by molar-refractivity contribution is 6.30. The Hall–Kier alpha value is -3.25. The zero-order chi connectivity index (χ0) is 22.9. The highest BCUT2D eigenvalue weighted by atomic mass is 35.5. The predicted molar refractivity (Wildman–Crippen MR) is 127 cm³/mol. The van der Waals surface area contributed by atoms with E-state index in [1.807, 2.05) is 47.4 Å². The normalized spacial score (nSPS) is 18.2. The van der Waals surface area contributed by atoms with Crippen LogP contribution in [0.25, 0.3) is 0 Å². The third-order valence-electron chi connectivity index (χ3n) is 6.63. The largest absolute Gasteiger partial charge is 0.459 e. The molecule has 1 aromatic heterocycles. The first-order valence-electron chi connectivity index (χ1n) is 11.2. The molecule has 3 aromatic rings. The number of hydrogen-bond acceptors (Lipinski definition) is 4. The molecule has 2 amide bonds. The lowest BCUT2D eigenvalue weighted by Gasteiger charge is -2.41. The minimum atomic E-state index is -0.544. The van der Waals surface area contributed by atoms with Crippen molar-refractivity contribution in [1.29, 1.82) is 0 Å². The number of aryl methyl sites for hydroxylation is 1. The summed E-state index contributed by atoms with van der Waals surface area (Å²) in [4.78, 5) is 32.7. The molecule has 5 rings (SSSR count). The van der Waals surface area contributed by atoms with Gasteiger partial charge in [0.1, 0.15) is 6.04 Å². The number of benzene rings is 2. The lowest BCUT2D eigenvalue weighted by molar-refractivity contribution is -0.137. The van der Waals surface area contributed by atoms with E-state index >= 15 is 0 Å². The van der Waals surface area contributed by atoms with Crippen LogP contribution in [0.3, 0.4) is 0 Å². The number of anilines is 1. The number of carbonyl (C=O) groups excluding carboxylic acids is 2. The van der Waals surface area contributed by atoms with Gasteiger partial charge in [0.2, 0.25) is 5.91 Å². The SMILES string of the molecule is Cc1ccc(Cl)cc1N1CCN(C(=O)C2Cc3ccccc3CN2C(=O)c2ccco2)CC1. The second-order valence-corrected chi connectivity index (χ2v) is 9.08. The summed E-state index contributed by atoms with van der Waals surface area (Å²) in [7, 11) is 0. The fraction of sp³-hybridized carbons (Fsp3) is 0.308. The molecular formula is C26H26ClN3O3.